The maximum absolute atomic E-state index is 2.46. The molecule has 0 amide bonds. The van der Waals surface area contributed by atoms with Crippen LogP contribution in [0.2, 0.25) is 0 Å². The highest BCUT2D eigenvalue weighted by Gasteiger charge is 2.05. The van der Waals surface area contributed by atoms with Crippen LogP contribution in [0.5, 0.6) is 0 Å². The van der Waals surface area contributed by atoms with Gasteiger partial charge in [-0.15, -0.1) is 0 Å². The number of halogens is 1. The molecule has 49 valence electrons. The van der Waals surface area contributed by atoms with Crippen LogP contribution < -0.4 is 0 Å². The van der Waals surface area contributed by atoms with E-state index in [2.05, 4.69) is 49.8 Å². The predicted molar refractivity (Wildman–Crippen MR) is 47.2 cm³/mol. The van der Waals surface area contributed by atoms with E-state index in [9.17, 15) is 0 Å². The van der Waals surface area contributed by atoms with Gasteiger partial charge in [-0.05, 0) is 12.3 Å². The Bertz CT molecular complexity index is 50.3. The van der Waals surface area contributed by atoms with Crippen LogP contribution in [0.25, 0.3) is 0 Å². The second-order valence-corrected chi connectivity index (χ2v) is 4.15. The molecule has 0 aliphatic carbocycles. The largest absolute Gasteiger partial charge is 0.0826 e. The van der Waals surface area contributed by atoms with Crippen LogP contribution in [0.15, 0.2) is 0 Å². The van der Waals surface area contributed by atoms with Crippen molar-refractivity contribution in [1.82, 2.24) is 0 Å². The van der Waals surface area contributed by atoms with Gasteiger partial charge in [0, 0.05) is 3.92 Å². The molecule has 2 unspecified atom stereocenters. The molecule has 0 aliphatic rings. The minimum absolute atomic E-state index is 0.778. The van der Waals surface area contributed by atoms with Crippen LogP contribution in [0.1, 0.15) is 27.2 Å². The summed E-state index contributed by atoms with van der Waals surface area (Å²) in [6.45, 7) is 6.70. The van der Waals surface area contributed by atoms with Crippen molar-refractivity contribution in [3.63, 3.8) is 0 Å². The van der Waals surface area contributed by atoms with Gasteiger partial charge in [0.15, 0.2) is 0 Å². The minimum Gasteiger partial charge on any atom is -0.0826 e. The fourth-order valence-corrected chi connectivity index (χ4v) is 0.853. The molecule has 0 aromatic rings. The second kappa shape index (κ2) is 4.59. The number of hydrogen-bond acceptors (Lipinski definition) is 0. The van der Waals surface area contributed by atoms with E-state index in [0.29, 0.717) is 0 Å². The SMILES string of the molecule is CC[CH]C(C)C(C)I. The maximum atomic E-state index is 2.46. The topological polar surface area (TPSA) is 0 Å². The standard InChI is InChI=1S/C7H14I/c1-4-5-6(2)7(3)8/h5-7H,4H2,1-3H3. The van der Waals surface area contributed by atoms with Crippen molar-refractivity contribution >= 4 is 22.6 Å². The van der Waals surface area contributed by atoms with Gasteiger partial charge in [0.1, 0.15) is 0 Å². The quantitative estimate of drug-likeness (QED) is 0.511. The summed E-state index contributed by atoms with van der Waals surface area (Å²) in [5.74, 6) is 0.778. The lowest BCUT2D eigenvalue weighted by Gasteiger charge is -2.10. The molecule has 0 aliphatic heterocycles. The third-order valence-electron chi connectivity index (χ3n) is 1.33. The van der Waals surface area contributed by atoms with Gasteiger partial charge in [-0.25, -0.2) is 0 Å². The molecule has 0 aromatic carbocycles. The van der Waals surface area contributed by atoms with E-state index in [1.807, 2.05) is 0 Å². The molecular formula is C7H14I. The van der Waals surface area contributed by atoms with Crippen LogP contribution in [0, 0.1) is 12.3 Å². The van der Waals surface area contributed by atoms with Gasteiger partial charge in [-0.2, -0.15) is 0 Å². The number of alkyl halides is 1. The van der Waals surface area contributed by atoms with E-state index in [-0.39, 0.29) is 0 Å². The smallest absolute Gasteiger partial charge is 0.0110 e. The van der Waals surface area contributed by atoms with Crippen molar-refractivity contribution < 1.29 is 0 Å². The van der Waals surface area contributed by atoms with Crippen molar-refractivity contribution in [3.05, 3.63) is 6.42 Å². The van der Waals surface area contributed by atoms with E-state index in [0.717, 1.165) is 9.84 Å². The van der Waals surface area contributed by atoms with Gasteiger partial charge in [0.25, 0.3) is 0 Å². The molecule has 0 bridgehead atoms. The van der Waals surface area contributed by atoms with E-state index in [1.165, 1.54) is 6.42 Å². The molecule has 0 rings (SSSR count). The first kappa shape index (κ1) is 8.73. The van der Waals surface area contributed by atoms with Crippen LogP contribution in [-0.2, 0) is 0 Å². The third kappa shape index (κ3) is 3.70. The van der Waals surface area contributed by atoms with Crippen molar-refractivity contribution in [1.29, 1.82) is 0 Å². The van der Waals surface area contributed by atoms with Crippen LogP contribution >= 0.6 is 22.6 Å². The van der Waals surface area contributed by atoms with Gasteiger partial charge in [-0.1, -0.05) is 49.8 Å². The van der Waals surface area contributed by atoms with Crippen LogP contribution in [-0.4, -0.2) is 3.92 Å². The number of rotatable bonds is 3. The first-order valence-electron chi connectivity index (χ1n) is 3.15. The van der Waals surface area contributed by atoms with Gasteiger partial charge < -0.3 is 0 Å². The lowest BCUT2D eigenvalue weighted by atomic mass is 10.0. The van der Waals surface area contributed by atoms with E-state index in [1.54, 1.807) is 0 Å². The fraction of sp³-hybridized carbons (Fsp3) is 0.857. The Morgan fingerprint density at radius 2 is 2.00 bits per heavy atom. The summed E-state index contributed by atoms with van der Waals surface area (Å²) >= 11 is 2.46. The summed E-state index contributed by atoms with van der Waals surface area (Å²) in [5, 5.41) is 0. The molecule has 8 heavy (non-hydrogen) atoms. The highest BCUT2D eigenvalue weighted by Crippen LogP contribution is 2.15. The third-order valence-corrected chi connectivity index (χ3v) is 2.47. The Balaban J connectivity index is 3.17. The molecular weight excluding hydrogens is 211 g/mol. The molecule has 1 radical (unpaired) electrons. The normalized spacial score (nSPS) is 18.0. The summed E-state index contributed by atoms with van der Waals surface area (Å²) < 4.78 is 0.785. The van der Waals surface area contributed by atoms with Gasteiger partial charge >= 0.3 is 0 Å². The molecule has 0 saturated heterocycles. The molecule has 0 heterocycles. The van der Waals surface area contributed by atoms with Gasteiger partial charge in [0.05, 0.1) is 0 Å². The summed E-state index contributed by atoms with van der Waals surface area (Å²) in [4.78, 5) is 0. The van der Waals surface area contributed by atoms with Gasteiger partial charge in [0.2, 0.25) is 0 Å². The Morgan fingerprint density at radius 1 is 1.50 bits per heavy atom. The minimum atomic E-state index is 0.778. The lowest BCUT2D eigenvalue weighted by Crippen LogP contribution is -2.05. The van der Waals surface area contributed by atoms with Gasteiger partial charge in [-0.3, -0.25) is 0 Å². The number of hydrogen-bond donors (Lipinski definition) is 0. The first-order valence-corrected chi connectivity index (χ1v) is 4.40. The molecule has 2 atom stereocenters. The Hall–Kier alpha value is 0.730. The summed E-state index contributed by atoms with van der Waals surface area (Å²) in [6.07, 6.45) is 3.56. The highest BCUT2D eigenvalue weighted by atomic mass is 127. The summed E-state index contributed by atoms with van der Waals surface area (Å²) in [7, 11) is 0. The summed E-state index contributed by atoms with van der Waals surface area (Å²) in [5.41, 5.74) is 0. The van der Waals surface area contributed by atoms with Crippen molar-refractivity contribution in [2.45, 2.75) is 31.1 Å². The highest BCUT2D eigenvalue weighted by molar-refractivity contribution is 14.1. The average molecular weight is 225 g/mol. The molecule has 0 aromatic heterocycles. The molecule has 0 N–H and O–H groups in total. The summed E-state index contributed by atoms with van der Waals surface area (Å²) in [6, 6.07) is 0. The predicted octanol–water partition coefficient (Wildman–Crippen LogP) is 3.06. The van der Waals surface area contributed by atoms with E-state index < -0.39 is 0 Å². The van der Waals surface area contributed by atoms with Crippen molar-refractivity contribution in [2.24, 2.45) is 5.92 Å². The van der Waals surface area contributed by atoms with E-state index >= 15 is 0 Å². The first-order chi connectivity index (χ1) is 3.68. The Morgan fingerprint density at radius 3 is 2.12 bits per heavy atom. The Labute approximate surface area is 66.2 Å². The van der Waals surface area contributed by atoms with Crippen LogP contribution in [0.3, 0.4) is 0 Å². The molecule has 0 fully saturated rings. The van der Waals surface area contributed by atoms with Crippen molar-refractivity contribution in [2.75, 3.05) is 0 Å². The Kier molecular flexibility index (Phi) is 5.01. The van der Waals surface area contributed by atoms with Crippen LogP contribution in [0.4, 0.5) is 0 Å². The van der Waals surface area contributed by atoms with E-state index in [4.69, 9.17) is 0 Å². The zero-order valence-electron chi connectivity index (χ0n) is 5.82. The molecule has 0 saturated carbocycles. The molecule has 0 nitrogen and oxygen atoms in total. The zero-order chi connectivity index (χ0) is 6.57. The van der Waals surface area contributed by atoms with Crippen molar-refractivity contribution in [3.8, 4) is 0 Å². The fourth-order valence-electron chi connectivity index (χ4n) is 0.559. The lowest BCUT2D eigenvalue weighted by molar-refractivity contribution is 0.657. The monoisotopic (exact) mass is 225 g/mol. The zero-order valence-corrected chi connectivity index (χ0v) is 7.97. The second-order valence-electron chi connectivity index (χ2n) is 2.18. The molecule has 0 spiro atoms. The molecule has 1 heteroatoms. The maximum Gasteiger partial charge on any atom is 0.0110 e. The average Bonchev–Trinajstić information content (AvgIpc) is 1.67.